The number of hydrogen-bond acceptors (Lipinski definition) is 7. The minimum atomic E-state index is -0.861. The van der Waals surface area contributed by atoms with E-state index in [0.29, 0.717) is 38.0 Å². The molecule has 2 N–H and O–H groups in total. The number of halogens is 2. The number of nitrogens with one attached hydrogen (secondary N) is 1. The highest BCUT2D eigenvalue weighted by molar-refractivity contribution is 8.01. The molecule has 1 aromatic heterocycles. The molecule has 4 aromatic rings. The number of aliphatic carboxylic acids is 1. The van der Waals surface area contributed by atoms with E-state index in [0.717, 1.165) is 15.3 Å². The van der Waals surface area contributed by atoms with Gasteiger partial charge in [-0.15, -0.1) is 11.8 Å². The number of thiazole rings is 1. The SMILES string of the molecule is O=C(O)CCSc1cnc(NC(=O)c2cc(OCc3ccccc3Cl)cc(OCc3ccccc3Cl)c2)s1. The number of carboxylic acids is 1. The van der Waals surface area contributed by atoms with Crippen LogP contribution in [0.4, 0.5) is 5.13 Å². The first-order valence-corrected chi connectivity index (χ1v) is 13.9. The summed E-state index contributed by atoms with van der Waals surface area (Å²) in [6.07, 6.45) is 1.65. The van der Waals surface area contributed by atoms with Crippen molar-refractivity contribution < 1.29 is 24.2 Å². The van der Waals surface area contributed by atoms with Gasteiger partial charge in [-0.05, 0) is 24.3 Å². The van der Waals surface area contributed by atoms with Gasteiger partial charge in [-0.3, -0.25) is 14.9 Å². The Morgan fingerprint density at radius 1 is 0.921 bits per heavy atom. The van der Waals surface area contributed by atoms with Gasteiger partial charge in [0.15, 0.2) is 5.13 Å². The zero-order valence-electron chi connectivity index (χ0n) is 19.9. The molecule has 196 valence electrons. The Bertz CT molecular complexity index is 1360. The van der Waals surface area contributed by atoms with Gasteiger partial charge in [0.05, 0.1) is 16.8 Å². The third-order valence-electron chi connectivity index (χ3n) is 5.11. The molecule has 3 aromatic carbocycles. The average Bonchev–Trinajstić information content (AvgIpc) is 3.34. The molecule has 1 amide bonds. The first kappa shape index (κ1) is 27.8. The Balaban J connectivity index is 1.50. The Morgan fingerprint density at radius 2 is 1.50 bits per heavy atom. The van der Waals surface area contributed by atoms with Crippen molar-refractivity contribution in [2.45, 2.75) is 23.8 Å². The molecule has 7 nitrogen and oxygen atoms in total. The number of amides is 1. The number of ether oxygens (including phenoxy) is 2. The van der Waals surface area contributed by atoms with E-state index in [1.165, 1.54) is 23.1 Å². The fourth-order valence-electron chi connectivity index (χ4n) is 3.21. The fourth-order valence-corrected chi connectivity index (χ4v) is 5.47. The quantitative estimate of drug-likeness (QED) is 0.166. The number of carboxylic acid groups (broad SMARTS) is 1. The Morgan fingerprint density at radius 3 is 2.05 bits per heavy atom. The van der Waals surface area contributed by atoms with Crippen LogP contribution in [-0.2, 0) is 18.0 Å². The van der Waals surface area contributed by atoms with Crippen LogP contribution < -0.4 is 14.8 Å². The smallest absolute Gasteiger partial charge is 0.304 e. The van der Waals surface area contributed by atoms with Crippen LogP contribution in [0.15, 0.2) is 77.1 Å². The van der Waals surface area contributed by atoms with Gasteiger partial charge in [-0.25, -0.2) is 4.98 Å². The van der Waals surface area contributed by atoms with Crippen molar-refractivity contribution >= 4 is 63.3 Å². The zero-order chi connectivity index (χ0) is 26.9. The van der Waals surface area contributed by atoms with Gasteiger partial charge in [-0.1, -0.05) is 70.9 Å². The number of rotatable bonds is 12. The number of carbonyl (C=O) groups excluding carboxylic acids is 1. The number of nitrogens with zero attached hydrogens (tertiary/aromatic N) is 1. The number of hydrogen-bond donors (Lipinski definition) is 2. The Hall–Kier alpha value is -3.24. The summed E-state index contributed by atoms with van der Waals surface area (Å²) in [4.78, 5) is 28.1. The van der Waals surface area contributed by atoms with Crippen molar-refractivity contribution in [2.75, 3.05) is 11.1 Å². The lowest BCUT2D eigenvalue weighted by atomic mass is 10.2. The molecule has 0 bridgehead atoms. The lowest BCUT2D eigenvalue weighted by Crippen LogP contribution is -2.12. The molecule has 0 atom stereocenters. The maximum absolute atomic E-state index is 13.1. The number of thioether (sulfide) groups is 1. The molecule has 38 heavy (non-hydrogen) atoms. The highest BCUT2D eigenvalue weighted by Gasteiger charge is 2.14. The van der Waals surface area contributed by atoms with Crippen molar-refractivity contribution in [3.05, 3.63) is 99.7 Å². The normalized spacial score (nSPS) is 10.7. The van der Waals surface area contributed by atoms with Crippen LogP contribution in [0.5, 0.6) is 11.5 Å². The van der Waals surface area contributed by atoms with Crippen molar-refractivity contribution in [2.24, 2.45) is 0 Å². The van der Waals surface area contributed by atoms with Gasteiger partial charge in [0, 0.05) is 38.6 Å². The van der Waals surface area contributed by atoms with Crippen LogP contribution in [0.2, 0.25) is 10.0 Å². The maximum Gasteiger partial charge on any atom is 0.304 e. The van der Waals surface area contributed by atoms with Crippen molar-refractivity contribution in [1.29, 1.82) is 0 Å². The largest absolute Gasteiger partial charge is 0.489 e. The fraction of sp³-hybridized carbons (Fsp3) is 0.148. The monoisotopic (exact) mass is 588 g/mol. The predicted octanol–water partition coefficient (Wildman–Crippen LogP) is 7.43. The summed E-state index contributed by atoms with van der Waals surface area (Å²) in [5.74, 6) is 0.0144. The second-order valence-electron chi connectivity index (χ2n) is 7.88. The van der Waals surface area contributed by atoms with E-state index in [9.17, 15) is 9.59 Å². The average molecular weight is 590 g/mol. The lowest BCUT2D eigenvalue weighted by molar-refractivity contribution is -0.136. The first-order valence-electron chi connectivity index (χ1n) is 11.4. The molecule has 0 fully saturated rings. The van der Waals surface area contributed by atoms with E-state index >= 15 is 0 Å². The molecule has 0 saturated heterocycles. The first-order chi connectivity index (χ1) is 18.4. The van der Waals surface area contributed by atoms with Crippen molar-refractivity contribution in [1.82, 2.24) is 4.98 Å². The summed E-state index contributed by atoms with van der Waals surface area (Å²) in [5, 5.41) is 13.1. The second kappa shape index (κ2) is 13.5. The highest BCUT2D eigenvalue weighted by atomic mass is 35.5. The van der Waals surface area contributed by atoms with Gasteiger partial charge >= 0.3 is 5.97 Å². The summed E-state index contributed by atoms with van der Waals surface area (Å²) in [6.45, 7) is 0.413. The van der Waals surface area contributed by atoms with E-state index in [1.807, 2.05) is 36.4 Å². The maximum atomic E-state index is 13.1. The molecule has 0 saturated carbocycles. The predicted molar refractivity (Wildman–Crippen MR) is 151 cm³/mol. The topological polar surface area (TPSA) is 97.8 Å². The molecule has 0 aliphatic carbocycles. The van der Waals surface area contributed by atoms with Crippen molar-refractivity contribution in [3.63, 3.8) is 0 Å². The van der Waals surface area contributed by atoms with Crippen molar-refractivity contribution in [3.8, 4) is 11.5 Å². The molecule has 1 heterocycles. The van der Waals surface area contributed by atoms with Crippen LogP contribution in [0, 0.1) is 0 Å². The van der Waals surface area contributed by atoms with Crippen LogP contribution >= 0.6 is 46.3 Å². The summed E-state index contributed by atoms with van der Waals surface area (Å²) >= 11 is 15.2. The standard InChI is InChI=1S/C27H22Cl2N2O5S2/c28-22-7-3-1-5-17(22)15-35-20-11-19(12-21(13-20)36-16-18-6-2-4-8-23(18)29)26(34)31-27-30-14-25(38-27)37-10-9-24(32)33/h1-8,11-14H,9-10,15-16H2,(H,32,33)(H,30,31,34). The third-order valence-corrected chi connectivity index (χ3v) is 7.96. The second-order valence-corrected chi connectivity index (χ2v) is 11.1. The van der Waals surface area contributed by atoms with E-state index in [-0.39, 0.29) is 19.6 Å². The summed E-state index contributed by atoms with van der Waals surface area (Å²) in [6, 6.07) is 19.6. The van der Waals surface area contributed by atoms with Gasteiger partial charge in [0.25, 0.3) is 5.91 Å². The van der Waals surface area contributed by atoms with Crippen LogP contribution in [0.25, 0.3) is 0 Å². The highest BCUT2D eigenvalue weighted by Crippen LogP contribution is 2.30. The van der Waals surface area contributed by atoms with Gasteiger partial charge in [0.1, 0.15) is 24.7 Å². The molecule has 11 heteroatoms. The van der Waals surface area contributed by atoms with Crippen LogP contribution in [0.3, 0.4) is 0 Å². The summed E-state index contributed by atoms with van der Waals surface area (Å²) < 4.78 is 12.7. The minimum Gasteiger partial charge on any atom is -0.489 e. The Labute approximate surface area is 237 Å². The molecular weight excluding hydrogens is 567 g/mol. The third kappa shape index (κ3) is 8.13. The molecule has 0 aliphatic rings. The number of carbonyl (C=O) groups is 2. The molecule has 0 unspecified atom stereocenters. The minimum absolute atomic E-state index is 0.0439. The number of aromatic nitrogens is 1. The number of anilines is 1. The summed E-state index contributed by atoms with van der Waals surface area (Å²) in [5.41, 5.74) is 1.92. The number of benzene rings is 3. The molecule has 0 spiro atoms. The van der Waals surface area contributed by atoms with Crippen LogP contribution in [-0.4, -0.2) is 27.7 Å². The zero-order valence-corrected chi connectivity index (χ0v) is 23.0. The van der Waals surface area contributed by atoms with E-state index in [4.69, 9.17) is 37.8 Å². The van der Waals surface area contributed by atoms with E-state index < -0.39 is 11.9 Å². The van der Waals surface area contributed by atoms with Gasteiger partial charge in [-0.2, -0.15) is 0 Å². The molecule has 0 aliphatic heterocycles. The summed E-state index contributed by atoms with van der Waals surface area (Å²) in [7, 11) is 0. The van der Waals surface area contributed by atoms with Gasteiger partial charge < -0.3 is 14.6 Å². The molecular formula is C27H22Cl2N2O5S2. The molecule has 0 radical (unpaired) electrons. The van der Waals surface area contributed by atoms with Crippen LogP contribution in [0.1, 0.15) is 27.9 Å². The Kier molecular flexibility index (Phi) is 9.89. The van der Waals surface area contributed by atoms with E-state index in [2.05, 4.69) is 10.3 Å². The van der Waals surface area contributed by atoms with E-state index in [1.54, 1.807) is 36.5 Å². The lowest BCUT2D eigenvalue weighted by Gasteiger charge is -2.13. The van der Waals surface area contributed by atoms with Gasteiger partial charge in [0.2, 0.25) is 0 Å². The molecule has 4 rings (SSSR count).